The quantitative estimate of drug-likeness (QED) is 0.697. The van der Waals surface area contributed by atoms with Crippen LogP contribution in [0.2, 0.25) is 0 Å². The first-order valence-corrected chi connectivity index (χ1v) is 4.16. The minimum atomic E-state index is -0.467. The van der Waals surface area contributed by atoms with Gasteiger partial charge in [0.05, 0.1) is 0 Å². The van der Waals surface area contributed by atoms with Gasteiger partial charge in [0.1, 0.15) is 0 Å². The molecule has 2 N–H and O–H groups in total. The molecule has 1 heterocycles. The average molecular weight is 181 g/mol. The molecule has 0 aliphatic carbocycles. The molecule has 13 heavy (non-hydrogen) atoms. The highest BCUT2D eigenvalue weighted by atomic mass is 16.1. The number of carbonyl (C=O) groups is 1. The van der Waals surface area contributed by atoms with Crippen molar-refractivity contribution in [2.75, 3.05) is 0 Å². The Balaban J connectivity index is 3.28. The second-order valence-electron chi connectivity index (χ2n) is 4.18. The van der Waals surface area contributed by atoms with Gasteiger partial charge in [0.15, 0.2) is 5.69 Å². The first kappa shape index (κ1) is 9.77. The highest BCUT2D eigenvalue weighted by Crippen LogP contribution is 2.24. The number of carbonyl (C=O) groups excluding carboxylic acids is 1. The maximum Gasteiger partial charge on any atom is 0.269 e. The van der Waals surface area contributed by atoms with Gasteiger partial charge >= 0.3 is 0 Å². The fourth-order valence-corrected chi connectivity index (χ4v) is 1.22. The van der Waals surface area contributed by atoms with E-state index in [0.29, 0.717) is 5.69 Å². The monoisotopic (exact) mass is 181 g/mol. The van der Waals surface area contributed by atoms with E-state index >= 15 is 0 Å². The maximum atomic E-state index is 11.0. The Morgan fingerprint density at radius 3 is 2.38 bits per heavy atom. The smallest absolute Gasteiger partial charge is 0.269 e. The van der Waals surface area contributed by atoms with Crippen LogP contribution in [0.15, 0.2) is 6.20 Å². The second kappa shape index (κ2) is 2.87. The first-order chi connectivity index (χ1) is 5.82. The molecule has 0 saturated heterocycles. The topological polar surface area (TPSA) is 60.9 Å². The summed E-state index contributed by atoms with van der Waals surface area (Å²) in [4.78, 5) is 11.0. The van der Waals surface area contributed by atoms with Gasteiger partial charge in [-0.1, -0.05) is 20.8 Å². The minimum Gasteiger partial charge on any atom is -0.364 e. The van der Waals surface area contributed by atoms with Gasteiger partial charge in [-0.3, -0.25) is 9.48 Å². The fraction of sp³-hybridized carbons (Fsp3) is 0.556. The molecule has 0 aliphatic heterocycles. The number of aromatic nitrogens is 2. The Hall–Kier alpha value is -1.32. The molecule has 1 amide bonds. The van der Waals surface area contributed by atoms with Crippen molar-refractivity contribution in [2.45, 2.75) is 26.2 Å². The summed E-state index contributed by atoms with van der Waals surface area (Å²) >= 11 is 0. The van der Waals surface area contributed by atoms with Crippen molar-refractivity contribution < 1.29 is 4.79 Å². The third-order valence-electron chi connectivity index (χ3n) is 1.87. The van der Waals surface area contributed by atoms with Crippen LogP contribution >= 0.6 is 0 Å². The van der Waals surface area contributed by atoms with Crippen LogP contribution in [0.4, 0.5) is 0 Å². The van der Waals surface area contributed by atoms with E-state index in [-0.39, 0.29) is 5.41 Å². The number of aryl methyl sites for hydroxylation is 1. The Labute approximate surface area is 77.7 Å². The first-order valence-electron chi connectivity index (χ1n) is 4.16. The van der Waals surface area contributed by atoms with E-state index in [1.807, 2.05) is 27.0 Å². The van der Waals surface area contributed by atoms with E-state index in [9.17, 15) is 4.79 Å². The van der Waals surface area contributed by atoms with Gasteiger partial charge in [0.2, 0.25) is 0 Å². The number of hydrogen-bond acceptors (Lipinski definition) is 2. The van der Waals surface area contributed by atoms with Crippen LogP contribution in [0.25, 0.3) is 0 Å². The zero-order valence-electron chi connectivity index (χ0n) is 8.46. The second-order valence-corrected chi connectivity index (χ2v) is 4.18. The van der Waals surface area contributed by atoms with Crippen molar-refractivity contribution in [1.29, 1.82) is 0 Å². The average Bonchev–Trinajstić information content (AvgIpc) is 2.29. The van der Waals surface area contributed by atoms with E-state index in [1.54, 1.807) is 11.7 Å². The highest BCUT2D eigenvalue weighted by molar-refractivity contribution is 5.92. The normalized spacial score (nSPS) is 11.7. The van der Waals surface area contributed by atoms with Gasteiger partial charge in [-0.05, 0) is 5.41 Å². The van der Waals surface area contributed by atoms with E-state index < -0.39 is 5.91 Å². The molecule has 0 saturated carbocycles. The van der Waals surface area contributed by atoms with Gasteiger partial charge < -0.3 is 5.73 Å². The highest BCUT2D eigenvalue weighted by Gasteiger charge is 2.23. The lowest BCUT2D eigenvalue weighted by Crippen LogP contribution is -2.20. The van der Waals surface area contributed by atoms with Gasteiger partial charge in [-0.25, -0.2) is 0 Å². The van der Waals surface area contributed by atoms with Crippen molar-refractivity contribution in [3.8, 4) is 0 Å². The molecule has 0 fully saturated rings. The molecule has 0 bridgehead atoms. The van der Waals surface area contributed by atoms with E-state index in [0.717, 1.165) is 5.56 Å². The molecule has 1 aromatic rings. The predicted molar refractivity (Wildman–Crippen MR) is 50.4 cm³/mol. The van der Waals surface area contributed by atoms with Crippen molar-refractivity contribution in [3.63, 3.8) is 0 Å². The Kier molecular flexibility index (Phi) is 2.15. The molecule has 0 unspecified atom stereocenters. The van der Waals surface area contributed by atoms with Crippen molar-refractivity contribution in [1.82, 2.24) is 9.78 Å². The van der Waals surface area contributed by atoms with Crippen LogP contribution in [-0.4, -0.2) is 15.7 Å². The molecule has 0 aliphatic rings. The molecule has 1 rings (SSSR count). The van der Waals surface area contributed by atoms with E-state index in [4.69, 9.17) is 5.73 Å². The van der Waals surface area contributed by atoms with Crippen molar-refractivity contribution >= 4 is 5.91 Å². The van der Waals surface area contributed by atoms with E-state index in [2.05, 4.69) is 5.10 Å². The Morgan fingerprint density at radius 1 is 1.54 bits per heavy atom. The summed E-state index contributed by atoms with van der Waals surface area (Å²) in [6.07, 6.45) is 1.83. The molecule has 0 radical (unpaired) electrons. The largest absolute Gasteiger partial charge is 0.364 e. The lowest BCUT2D eigenvalue weighted by Gasteiger charge is -2.16. The Bertz CT molecular complexity index is 333. The predicted octanol–water partition coefficient (Wildman–Crippen LogP) is 0.817. The van der Waals surface area contributed by atoms with Gasteiger partial charge in [0, 0.05) is 18.8 Å². The lowest BCUT2D eigenvalue weighted by molar-refractivity contribution is 0.0993. The molecule has 72 valence electrons. The minimum absolute atomic E-state index is 0.0986. The van der Waals surface area contributed by atoms with Gasteiger partial charge in [0.25, 0.3) is 5.91 Å². The molecule has 4 heteroatoms. The molecule has 0 spiro atoms. The zero-order valence-corrected chi connectivity index (χ0v) is 8.46. The van der Waals surface area contributed by atoms with Crippen LogP contribution in [-0.2, 0) is 12.5 Å². The Morgan fingerprint density at radius 2 is 2.08 bits per heavy atom. The summed E-state index contributed by atoms with van der Waals surface area (Å²) in [5.74, 6) is -0.467. The fourth-order valence-electron chi connectivity index (χ4n) is 1.22. The number of primary amides is 1. The van der Waals surface area contributed by atoms with Gasteiger partial charge in [-0.2, -0.15) is 5.10 Å². The number of amides is 1. The third kappa shape index (κ3) is 1.88. The maximum absolute atomic E-state index is 11.0. The number of nitrogens with two attached hydrogens (primary N) is 1. The van der Waals surface area contributed by atoms with Crippen LogP contribution in [0.1, 0.15) is 36.8 Å². The molecule has 4 nitrogen and oxygen atoms in total. The summed E-state index contributed by atoms with van der Waals surface area (Å²) in [6, 6.07) is 0. The van der Waals surface area contributed by atoms with Crippen LogP contribution in [0.3, 0.4) is 0 Å². The SMILES string of the molecule is Cn1cc(C(C)(C)C)c(C(N)=O)n1. The summed E-state index contributed by atoms with van der Waals surface area (Å²) in [7, 11) is 1.78. The summed E-state index contributed by atoms with van der Waals surface area (Å²) < 4.78 is 1.61. The zero-order chi connectivity index (χ0) is 10.2. The van der Waals surface area contributed by atoms with E-state index in [1.165, 1.54) is 0 Å². The number of rotatable bonds is 1. The van der Waals surface area contributed by atoms with Crippen molar-refractivity contribution in [3.05, 3.63) is 17.5 Å². The summed E-state index contributed by atoms with van der Waals surface area (Å²) in [5.41, 5.74) is 6.37. The molecular weight excluding hydrogens is 166 g/mol. The molecule has 0 atom stereocenters. The van der Waals surface area contributed by atoms with Gasteiger partial charge in [-0.15, -0.1) is 0 Å². The number of nitrogens with zero attached hydrogens (tertiary/aromatic N) is 2. The standard InChI is InChI=1S/C9H15N3O/c1-9(2,3)6-5-12(4)11-7(6)8(10)13/h5H,1-4H3,(H2,10,13). The van der Waals surface area contributed by atoms with Crippen LogP contribution in [0.5, 0.6) is 0 Å². The lowest BCUT2D eigenvalue weighted by atomic mass is 9.87. The van der Waals surface area contributed by atoms with Crippen LogP contribution < -0.4 is 5.73 Å². The number of hydrogen-bond donors (Lipinski definition) is 1. The third-order valence-corrected chi connectivity index (χ3v) is 1.87. The molecular formula is C9H15N3O. The molecule has 1 aromatic heterocycles. The summed E-state index contributed by atoms with van der Waals surface area (Å²) in [5, 5.41) is 4.02. The molecule has 0 aromatic carbocycles. The summed E-state index contributed by atoms with van der Waals surface area (Å²) in [6.45, 7) is 6.07. The van der Waals surface area contributed by atoms with Crippen molar-refractivity contribution in [2.24, 2.45) is 12.8 Å². The van der Waals surface area contributed by atoms with Crippen LogP contribution in [0, 0.1) is 0 Å².